The topological polar surface area (TPSA) is 126 Å². The van der Waals surface area contributed by atoms with Gasteiger partial charge in [-0.1, -0.05) is 24.3 Å². The number of aromatic nitrogens is 4. The Hall–Kier alpha value is -5.44. The normalized spacial score (nSPS) is 11.8. The lowest BCUT2D eigenvalue weighted by Gasteiger charge is -2.13. The van der Waals surface area contributed by atoms with Gasteiger partial charge < -0.3 is 24.3 Å². The number of primary amides is 1. The van der Waals surface area contributed by atoms with Crippen LogP contribution < -0.4 is 11.1 Å². The van der Waals surface area contributed by atoms with E-state index in [2.05, 4.69) is 15.3 Å². The third kappa shape index (κ3) is 9.33. The Morgan fingerprint density at radius 2 is 1.23 bits per heavy atom. The van der Waals surface area contributed by atoms with Crippen LogP contribution in [0.1, 0.15) is 37.2 Å². The van der Waals surface area contributed by atoms with E-state index in [-0.39, 0.29) is 35.0 Å². The Kier molecular flexibility index (Phi) is 13.1. The number of aldehydes is 1. The number of fused-ring (bicyclic) bond motifs is 2. The van der Waals surface area contributed by atoms with Crippen LogP contribution in [0.5, 0.6) is 0 Å². The number of carbonyl (C=O) groups excluding carboxylic acids is 2. The first kappa shape index (κ1) is 38.8. The van der Waals surface area contributed by atoms with Crippen molar-refractivity contribution in [3.05, 3.63) is 108 Å². The van der Waals surface area contributed by atoms with Crippen LogP contribution in [0.3, 0.4) is 0 Å². The van der Waals surface area contributed by atoms with Crippen molar-refractivity contribution in [3.63, 3.8) is 0 Å². The van der Waals surface area contributed by atoms with E-state index in [0.717, 1.165) is 0 Å². The molecule has 0 aliphatic carbocycles. The number of ether oxygens (including phenoxy) is 2. The highest BCUT2D eigenvalue weighted by atomic mass is 19.1. The highest BCUT2D eigenvalue weighted by Gasteiger charge is 2.18. The molecule has 0 aliphatic rings. The van der Waals surface area contributed by atoms with Crippen molar-refractivity contribution >= 4 is 34.3 Å². The average Bonchev–Trinajstić information content (AvgIpc) is 3.69. The number of amides is 1. The van der Waals surface area contributed by atoms with Crippen LogP contribution in [0.25, 0.3) is 44.3 Å². The van der Waals surface area contributed by atoms with Gasteiger partial charge in [0.05, 0.1) is 36.8 Å². The average molecular weight is 733 g/mol. The molecule has 278 valence electrons. The van der Waals surface area contributed by atoms with Gasteiger partial charge in [-0.05, 0) is 91.6 Å². The fraction of sp³-hybridized carbons (Fsp3) is 0.282. The van der Waals surface area contributed by atoms with Crippen molar-refractivity contribution < 1.29 is 36.6 Å². The number of imidazole rings is 2. The molecule has 4 aromatic carbocycles. The lowest BCUT2D eigenvalue weighted by molar-refractivity contribution is -0.119. The molecule has 1 amide bonds. The van der Waals surface area contributed by atoms with Crippen LogP contribution in [0, 0.1) is 23.3 Å². The molecular formula is C39H40F4N6O4. The molecule has 3 N–H and O–H groups in total. The van der Waals surface area contributed by atoms with Gasteiger partial charge in [0.15, 0.2) is 23.7 Å². The lowest BCUT2D eigenvalue weighted by atomic mass is 10.0. The molecule has 2 aromatic heterocycles. The summed E-state index contributed by atoms with van der Waals surface area (Å²) in [6, 6.07) is 17.4. The van der Waals surface area contributed by atoms with Gasteiger partial charge in [0.25, 0.3) is 0 Å². The number of carbonyl (C=O) groups is 2. The number of halogens is 4. The first-order valence-corrected chi connectivity index (χ1v) is 17.1. The van der Waals surface area contributed by atoms with Crippen molar-refractivity contribution in [2.24, 2.45) is 5.73 Å². The molecule has 1 atom stereocenters. The molecular weight excluding hydrogens is 692 g/mol. The zero-order valence-electron chi connectivity index (χ0n) is 29.5. The number of hydrogen-bond donors (Lipinski definition) is 2. The lowest BCUT2D eigenvalue weighted by Crippen LogP contribution is -2.38. The predicted octanol–water partition coefficient (Wildman–Crippen LogP) is 6.81. The SMILES string of the molecule is CCOCCn1c(C=O)nc2c(F)cc(-c3ccc(F)cc3)cc21.CCOCCn1c(CN[C@@H](C)C(N)=O)nc2c(F)cc(-c3ccc(F)cc3)cc21. The second-order valence-electron chi connectivity index (χ2n) is 12.0. The number of nitrogens with zero attached hydrogens (tertiary/aromatic N) is 4. The first-order valence-electron chi connectivity index (χ1n) is 17.1. The highest BCUT2D eigenvalue weighted by Crippen LogP contribution is 2.29. The van der Waals surface area contributed by atoms with E-state index in [1.165, 1.54) is 36.4 Å². The Morgan fingerprint density at radius 3 is 1.70 bits per heavy atom. The summed E-state index contributed by atoms with van der Waals surface area (Å²) >= 11 is 0. The molecule has 14 heteroatoms. The quantitative estimate of drug-likeness (QED) is 0.0675. The molecule has 0 saturated heterocycles. The molecule has 0 unspecified atom stereocenters. The van der Waals surface area contributed by atoms with Crippen molar-refractivity contribution in [1.82, 2.24) is 24.4 Å². The summed E-state index contributed by atoms with van der Waals surface area (Å²) in [5, 5.41) is 3.00. The second kappa shape index (κ2) is 17.9. The van der Waals surface area contributed by atoms with E-state index in [0.29, 0.717) is 84.9 Å². The van der Waals surface area contributed by atoms with Gasteiger partial charge in [-0.15, -0.1) is 0 Å². The third-order valence-corrected chi connectivity index (χ3v) is 8.50. The fourth-order valence-electron chi connectivity index (χ4n) is 5.70. The largest absolute Gasteiger partial charge is 0.380 e. The van der Waals surface area contributed by atoms with Gasteiger partial charge >= 0.3 is 0 Å². The highest BCUT2D eigenvalue weighted by molar-refractivity contribution is 5.87. The molecule has 10 nitrogen and oxygen atoms in total. The maximum atomic E-state index is 14.8. The van der Waals surface area contributed by atoms with Crippen LogP contribution in [0.15, 0.2) is 72.8 Å². The maximum absolute atomic E-state index is 14.8. The molecule has 2 heterocycles. The standard InChI is InChI=1S/C21H24F2N4O2.C18H16F2N2O2/c1-3-29-9-8-27-18-11-15(14-4-6-16(22)7-5-14)10-17(23)20(18)26-19(27)12-25-13(2)21(24)28;1-2-24-8-7-22-16-10-13(12-3-5-14(19)6-4-12)9-15(20)18(16)21-17(22)11-23/h4-7,10-11,13,25H,3,8-9,12H2,1-2H3,(H2,24,28);3-6,9-11H,2,7-8H2,1H3/t13-;/m0./s1. The van der Waals surface area contributed by atoms with Crippen LogP contribution in [-0.4, -0.2) is 63.8 Å². The number of nitrogens with two attached hydrogens (primary N) is 1. The first-order chi connectivity index (χ1) is 25.5. The molecule has 6 rings (SSSR count). The van der Waals surface area contributed by atoms with Gasteiger partial charge in [-0.3, -0.25) is 14.9 Å². The molecule has 0 aliphatic heterocycles. The zero-order valence-corrected chi connectivity index (χ0v) is 29.5. The molecule has 6 aromatic rings. The van der Waals surface area contributed by atoms with Gasteiger partial charge in [-0.25, -0.2) is 27.5 Å². The molecule has 0 fully saturated rings. The van der Waals surface area contributed by atoms with Crippen molar-refractivity contribution in [2.75, 3.05) is 26.4 Å². The van der Waals surface area contributed by atoms with Gasteiger partial charge in [0, 0.05) is 26.3 Å². The van der Waals surface area contributed by atoms with Crippen molar-refractivity contribution in [3.8, 4) is 22.3 Å². The number of hydrogen-bond acceptors (Lipinski definition) is 7. The van der Waals surface area contributed by atoms with E-state index in [4.69, 9.17) is 15.2 Å². The van der Waals surface area contributed by atoms with E-state index >= 15 is 0 Å². The second-order valence-corrected chi connectivity index (χ2v) is 12.0. The van der Waals surface area contributed by atoms with E-state index in [1.807, 2.05) is 24.5 Å². The summed E-state index contributed by atoms with van der Waals surface area (Å²) in [5.41, 5.74) is 9.38. The van der Waals surface area contributed by atoms with Crippen LogP contribution in [0.2, 0.25) is 0 Å². The van der Waals surface area contributed by atoms with Crippen LogP contribution in [-0.2, 0) is 33.9 Å². The predicted molar refractivity (Wildman–Crippen MR) is 194 cm³/mol. The monoisotopic (exact) mass is 732 g/mol. The third-order valence-electron chi connectivity index (χ3n) is 8.50. The van der Waals surface area contributed by atoms with Gasteiger partial charge in [0.1, 0.15) is 28.5 Å². The summed E-state index contributed by atoms with van der Waals surface area (Å²) in [5.74, 6) is -1.46. The van der Waals surface area contributed by atoms with Crippen molar-refractivity contribution in [1.29, 1.82) is 0 Å². The van der Waals surface area contributed by atoms with E-state index < -0.39 is 23.6 Å². The zero-order chi connectivity index (χ0) is 38.1. The Bertz CT molecular complexity index is 2190. The number of nitrogens with one attached hydrogen (secondary N) is 1. The summed E-state index contributed by atoms with van der Waals surface area (Å²) in [7, 11) is 0. The van der Waals surface area contributed by atoms with Crippen LogP contribution >= 0.6 is 0 Å². The summed E-state index contributed by atoms with van der Waals surface area (Å²) in [6.45, 7) is 8.48. The van der Waals surface area contributed by atoms with Crippen LogP contribution in [0.4, 0.5) is 17.6 Å². The molecule has 0 spiro atoms. The minimum Gasteiger partial charge on any atom is -0.380 e. The maximum Gasteiger partial charge on any atom is 0.234 e. The minimum absolute atomic E-state index is 0.138. The summed E-state index contributed by atoms with van der Waals surface area (Å²) in [6.07, 6.45) is 0.600. The van der Waals surface area contributed by atoms with Gasteiger partial charge in [-0.2, -0.15) is 0 Å². The summed E-state index contributed by atoms with van der Waals surface area (Å²) < 4.78 is 69.9. The van der Waals surface area contributed by atoms with Gasteiger partial charge in [0.2, 0.25) is 5.91 Å². The fourth-order valence-corrected chi connectivity index (χ4v) is 5.70. The molecule has 0 bridgehead atoms. The Labute approximate surface area is 303 Å². The van der Waals surface area contributed by atoms with Crippen molar-refractivity contribution in [2.45, 2.75) is 46.4 Å². The molecule has 0 saturated carbocycles. The Balaban J connectivity index is 0.000000208. The Morgan fingerprint density at radius 1 is 0.755 bits per heavy atom. The number of benzene rings is 4. The van der Waals surface area contributed by atoms with E-state index in [9.17, 15) is 27.2 Å². The number of rotatable bonds is 15. The molecule has 53 heavy (non-hydrogen) atoms. The minimum atomic E-state index is -0.547. The smallest absolute Gasteiger partial charge is 0.234 e. The molecule has 0 radical (unpaired) electrons. The summed E-state index contributed by atoms with van der Waals surface area (Å²) in [4.78, 5) is 31.0. The van der Waals surface area contributed by atoms with E-state index in [1.54, 1.807) is 41.8 Å².